The van der Waals surface area contributed by atoms with Gasteiger partial charge in [0, 0.05) is 21.5 Å². The van der Waals surface area contributed by atoms with Crippen molar-refractivity contribution in [1.29, 1.82) is 0 Å². The number of hydrogen-bond acceptors (Lipinski definition) is 4. The van der Waals surface area contributed by atoms with Crippen molar-refractivity contribution in [2.45, 2.75) is 6.04 Å². The first-order chi connectivity index (χ1) is 10.7. The molecule has 0 spiro atoms. The van der Waals surface area contributed by atoms with Crippen molar-refractivity contribution in [2.24, 2.45) is 5.73 Å². The molecule has 3 aromatic rings. The van der Waals surface area contributed by atoms with Gasteiger partial charge in [-0.3, -0.25) is 0 Å². The highest BCUT2D eigenvalue weighted by Gasteiger charge is 2.17. The Labute approximate surface area is 138 Å². The molecule has 112 valence electrons. The molecule has 0 aliphatic carbocycles. The van der Waals surface area contributed by atoms with Gasteiger partial charge >= 0.3 is 0 Å². The first kappa shape index (κ1) is 15.0. The number of ether oxygens (including phenoxy) is 1. The minimum Gasteiger partial charge on any atom is -0.496 e. The summed E-state index contributed by atoms with van der Waals surface area (Å²) in [4.78, 5) is 4.66. The van der Waals surface area contributed by atoms with Crippen LogP contribution in [-0.4, -0.2) is 12.1 Å². The second kappa shape index (κ2) is 6.48. The first-order valence-electron chi connectivity index (χ1n) is 6.79. The predicted molar refractivity (Wildman–Crippen MR) is 91.6 cm³/mol. The molecule has 0 aliphatic heterocycles. The first-order valence-corrected chi connectivity index (χ1v) is 8.04. The highest BCUT2D eigenvalue weighted by Crippen LogP contribution is 2.32. The van der Waals surface area contributed by atoms with E-state index in [0.717, 1.165) is 27.6 Å². The lowest BCUT2D eigenvalue weighted by Gasteiger charge is -2.13. The average molecular weight is 331 g/mol. The quantitative estimate of drug-likeness (QED) is 0.765. The molecule has 3 rings (SSSR count). The lowest BCUT2D eigenvalue weighted by molar-refractivity contribution is 0.408. The van der Waals surface area contributed by atoms with E-state index in [2.05, 4.69) is 4.98 Å². The number of thiazole rings is 1. The molecule has 22 heavy (non-hydrogen) atoms. The molecule has 0 radical (unpaired) electrons. The third kappa shape index (κ3) is 2.99. The van der Waals surface area contributed by atoms with Crippen LogP contribution >= 0.6 is 22.9 Å². The van der Waals surface area contributed by atoms with Gasteiger partial charge in [-0.2, -0.15) is 0 Å². The number of hydrogen-bond donors (Lipinski definition) is 1. The van der Waals surface area contributed by atoms with Crippen LogP contribution < -0.4 is 10.5 Å². The van der Waals surface area contributed by atoms with Crippen LogP contribution in [0.5, 0.6) is 5.75 Å². The molecule has 3 nitrogen and oxygen atoms in total. The Balaban J connectivity index is 1.91. The Bertz CT molecular complexity index is 770. The minimum absolute atomic E-state index is 0.304. The van der Waals surface area contributed by atoms with Crippen molar-refractivity contribution in [2.75, 3.05) is 7.11 Å². The monoisotopic (exact) mass is 330 g/mol. The number of nitrogens with two attached hydrogens (primary N) is 1. The van der Waals surface area contributed by atoms with Gasteiger partial charge in [-0.15, -0.1) is 11.3 Å². The van der Waals surface area contributed by atoms with Gasteiger partial charge in [-0.25, -0.2) is 4.98 Å². The maximum Gasteiger partial charge on any atom is 0.124 e. The second-order valence-corrected chi connectivity index (χ2v) is 6.12. The van der Waals surface area contributed by atoms with Gasteiger partial charge in [0.2, 0.25) is 0 Å². The number of aromatic nitrogens is 1. The summed E-state index contributed by atoms with van der Waals surface area (Å²) in [5, 5.41) is 3.58. The van der Waals surface area contributed by atoms with E-state index in [9.17, 15) is 0 Å². The van der Waals surface area contributed by atoms with Crippen LogP contribution in [0.1, 0.15) is 16.6 Å². The molecule has 1 heterocycles. The molecule has 5 heteroatoms. The van der Waals surface area contributed by atoms with Crippen LogP contribution in [0, 0.1) is 0 Å². The van der Waals surface area contributed by atoms with Crippen molar-refractivity contribution in [3.63, 3.8) is 0 Å². The smallest absolute Gasteiger partial charge is 0.124 e. The van der Waals surface area contributed by atoms with Gasteiger partial charge in [-0.1, -0.05) is 41.9 Å². The number of nitrogens with zero attached hydrogens (tertiary/aromatic N) is 1. The number of para-hydroxylation sites is 1. The molecule has 0 fully saturated rings. The summed E-state index contributed by atoms with van der Waals surface area (Å²) in [7, 11) is 1.65. The number of methoxy groups -OCH3 is 1. The van der Waals surface area contributed by atoms with E-state index in [-0.39, 0.29) is 6.04 Å². The number of halogens is 1. The van der Waals surface area contributed by atoms with Gasteiger partial charge in [0.15, 0.2) is 0 Å². The zero-order valence-electron chi connectivity index (χ0n) is 12.0. The molecule has 1 aromatic heterocycles. The number of benzene rings is 2. The Kier molecular flexibility index (Phi) is 4.43. The fourth-order valence-electron chi connectivity index (χ4n) is 2.24. The Hall–Kier alpha value is -1.88. The zero-order chi connectivity index (χ0) is 15.5. The SMILES string of the molecule is COc1ccccc1C(N)c1nc(-c2ccc(Cl)cc2)cs1. The summed E-state index contributed by atoms with van der Waals surface area (Å²) in [6, 6.07) is 15.1. The zero-order valence-corrected chi connectivity index (χ0v) is 13.6. The molecule has 0 saturated carbocycles. The molecule has 1 unspecified atom stereocenters. The van der Waals surface area contributed by atoms with E-state index in [4.69, 9.17) is 22.1 Å². The van der Waals surface area contributed by atoms with Crippen molar-refractivity contribution < 1.29 is 4.74 Å². The topological polar surface area (TPSA) is 48.1 Å². The Morgan fingerprint density at radius 1 is 1.14 bits per heavy atom. The van der Waals surface area contributed by atoms with Crippen LogP contribution in [0.4, 0.5) is 0 Å². The van der Waals surface area contributed by atoms with Crippen LogP contribution in [0.15, 0.2) is 53.9 Å². The molecule has 0 aliphatic rings. The maximum absolute atomic E-state index is 6.36. The fourth-order valence-corrected chi connectivity index (χ4v) is 3.21. The summed E-state index contributed by atoms with van der Waals surface area (Å²) < 4.78 is 5.37. The summed E-state index contributed by atoms with van der Waals surface area (Å²) in [6.45, 7) is 0. The van der Waals surface area contributed by atoms with Crippen LogP contribution in [-0.2, 0) is 0 Å². The summed E-state index contributed by atoms with van der Waals surface area (Å²) in [6.07, 6.45) is 0. The maximum atomic E-state index is 6.36. The van der Waals surface area contributed by atoms with E-state index in [1.807, 2.05) is 53.9 Å². The summed E-state index contributed by atoms with van der Waals surface area (Å²) in [5.74, 6) is 0.776. The third-order valence-electron chi connectivity index (χ3n) is 3.40. The van der Waals surface area contributed by atoms with Gasteiger partial charge < -0.3 is 10.5 Å². The third-order valence-corrected chi connectivity index (χ3v) is 4.58. The standard InChI is InChI=1S/C17H15ClN2OS/c1-21-15-5-3-2-4-13(15)16(19)17-20-14(10-22-17)11-6-8-12(18)9-7-11/h2-10,16H,19H2,1H3. The Morgan fingerprint density at radius 3 is 2.59 bits per heavy atom. The normalized spacial score (nSPS) is 12.1. The van der Waals surface area contributed by atoms with Gasteiger partial charge in [0.1, 0.15) is 10.8 Å². The molecule has 2 N–H and O–H groups in total. The number of rotatable bonds is 4. The van der Waals surface area contributed by atoms with Gasteiger partial charge in [0.25, 0.3) is 0 Å². The molecular formula is C17H15ClN2OS. The van der Waals surface area contributed by atoms with Crippen molar-refractivity contribution in [3.8, 4) is 17.0 Å². The van der Waals surface area contributed by atoms with Crippen LogP contribution in [0.2, 0.25) is 5.02 Å². The average Bonchev–Trinajstić information content (AvgIpc) is 3.05. The van der Waals surface area contributed by atoms with E-state index < -0.39 is 0 Å². The molecular weight excluding hydrogens is 316 g/mol. The largest absolute Gasteiger partial charge is 0.496 e. The molecule has 0 bridgehead atoms. The van der Waals surface area contributed by atoms with Crippen molar-refractivity contribution >= 4 is 22.9 Å². The summed E-state index contributed by atoms with van der Waals surface area (Å²) >= 11 is 7.46. The predicted octanol–water partition coefficient (Wildman–Crippen LogP) is 4.52. The van der Waals surface area contributed by atoms with E-state index in [0.29, 0.717) is 5.02 Å². The highest BCUT2D eigenvalue weighted by atomic mass is 35.5. The van der Waals surface area contributed by atoms with E-state index in [1.54, 1.807) is 18.4 Å². The minimum atomic E-state index is -0.304. The summed E-state index contributed by atoms with van der Waals surface area (Å²) in [5.41, 5.74) is 9.22. The van der Waals surface area contributed by atoms with Gasteiger partial charge in [-0.05, 0) is 18.2 Å². The van der Waals surface area contributed by atoms with Gasteiger partial charge in [0.05, 0.1) is 18.8 Å². The molecule has 0 amide bonds. The Morgan fingerprint density at radius 2 is 1.86 bits per heavy atom. The fraction of sp³-hybridized carbons (Fsp3) is 0.118. The lowest BCUT2D eigenvalue weighted by Crippen LogP contribution is -2.12. The molecule has 1 atom stereocenters. The molecule has 2 aromatic carbocycles. The van der Waals surface area contributed by atoms with E-state index in [1.165, 1.54) is 0 Å². The molecule has 0 saturated heterocycles. The van der Waals surface area contributed by atoms with Crippen molar-refractivity contribution in [3.05, 3.63) is 69.5 Å². The highest BCUT2D eigenvalue weighted by molar-refractivity contribution is 7.10. The van der Waals surface area contributed by atoms with Crippen LogP contribution in [0.3, 0.4) is 0 Å². The lowest BCUT2D eigenvalue weighted by atomic mass is 10.1. The van der Waals surface area contributed by atoms with Crippen molar-refractivity contribution in [1.82, 2.24) is 4.98 Å². The van der Waals surface area contributed by atoms with E-state index >= 15 is 0 Å². The second-order valence-electron chi connectivity index (χ2n) is 4.80. The van der Waals surface area contributed by atoms with Crippen LogP contribution in [0.25, 0.3) is 11.3 Å².